The van der Waals surface area contributed by atoms with Gasteiger partial charge in [0.25, 0.3) is 5.91 Å². The van der Waals surface area contributed by atoms with E-state index in [2.05, 4.69) is 52.9 Å². The van der Waals surface area contributed by atoms with Crippen LogP contribution in [0, 0.1) is 27.2 Å². The molecule has 2 heterocycles. The fourth-order valence-electron chi connectivity index (χ4n) is 5.16. The number of carbonyl (C=O) groups is 2. The monoisotopic (exact) mass is 739 g/mol. The number of carbonyl (C=O) groups excluding carboxylic acids is 2. The van der Waals surface area contributed by atoms with Crippen molar-refractivity contribution < 1.29 is 19.1 Å². The predicted molar refractivity (Wildman–Crippen MR) is 185 cm³/mol. The molecule has 0 radical (unpaired) electrons. The van der Waals surface area contributed by atoms with E-state index in [9.17, 15) is 14.9 Å². The van der Waals surface area contributed by atoms with Gasteiger partial charge < -0.3 is 18.9 Å². The van der Waals surface area contributed by atoms with Gasteiger partial charge in [-0.3, -0.25) is 14.8 Å². The molecule has 2 aromatic heterocycles. The van der Waals surface area contributed by atoms with Crippen LogP contribution in [-0.2, 0) is 29.2 Å². The van der Waals surface area contributed by atoms with Crippen LogP contribution in [0.1, 0.15) is 68.9 Å². The van der Waals surface area contributed by atoms with Crippen molar-refractivity contribution in [1.82, 2.24) is 24.2 Å². The fourth-order valence-corrected chi connectivity index (χ4v) is 6.06. The van der Waals surface area contributed by atoms with Crippen LogP contribution in [0.2, 0.25) is 0 Å². The van der Waals surface area contributed by atoms with Crippen molar-refractivity contribution in [3.63, 3.8) is 0 Å². The first-order valence-electron chi connectivity index (χ1n) is 15.2. The molecule has 0 atom stereocenters. The number of ether oxygens (including phenoxy) is 2. The molecule has 0 spiro atoms. The summed E-state index contributed by atoms with van der Waals surface area (Å²) in [5.41, 5.74) is 2.90. The molecular weight excluding hydrogens is 697 g/mol. The van der Waals surface area contributed by atoms with Crippen molar-refractivity contribution in [3.8, 4) is 6.07 Å². The molecular formula is C34H42IN7O4. The molecule has 0 bridgehead atoms. The Kier molecular flexibility index (Phi) is 11.1. The minimum absolute atomic E-state index is 0.332. The van der Waals surface area contributed by atoms with Gasteiger partial charge in [-0.05, 0) is 81.0 Å². The second-order valence-corrected chi connectivity index (χ2v) is 14.2. The Hall–Kier alpha value is -3.96. The summed E-state index contributed by atoms with van der Waals surface area (Å²) in [5, 5.41) is 17.0. The standard InChI is InChI=1S/C34H42IN7O4/c1-8-42-28(16-23(2)39-42)30(43)38-31-37-27-18-25(19-36)17-26(35)29(27)41(31)22-34(6,7)21-40(32(44)46-33(3,4)5)14-15-45-20-24-12-10-9-11-13-24/h9-13,16-18H,8,14-15,20-22H2,1-7H3,(H,37,38,43). The van der Waals surface area contributed by atoms with E-state index in [1.54, 1.807) is 27.8 Å². The molecule has 0 aliphatic heterocycles. The van der Waals surface area contributed by atoms with Gasteiger partial charge in [-0.25, -0.2) is 9.78 Å². The normalized spacial score (nSPS) is 11.8. The zero-order valence-corrected chi connectivity index (χ0v) is 29.7. The molecule has 11 nitrogen and oxygen atoms in total. The lowest BCUT2D eigenvalue weighted by atomic mass is 9.92. The molecule has 4 aromatic rings. The smallest absolute Gasteiger partial charge is 0.410 e. The quantitative estimate of drug-likeness (QED) is 0.126. The largest absolute Gasteiger partial charge is 0.444 e. The van der Waals surface area contributed by atoms with Crippen LogP contribution in [0.4, 0.5) is 10.7 Å². The topological polar surface area (TPSA) is 127 Å². The van der Waals surface area contributed by atoms with Gasteiger partial charge in [0.2, 0.25) is 5.95 Å². The van der Waals surface area contributed by atoms with E-state index in [4.69, 9.17) is 14.5 Å². The van der Waals surface area contributed by atoms with Crippen LogP contribution in [-0.4, -0.2) is 61.5 Å². The van der Waals surface area contributed by atoms with Crippen molar-refractivity contribution >= 4 is 51.6 Å². The minimum Gasteiger partial charge on any atom is -0.444 e. The number of hydrogen-bond donors (Lipinski definition) is 1. The van der Waals surface area contributed by atoms with Gasteiger partial charge in [0.15, 0.2) is 0 Å². The Bertz CT molecular complexity index is 1730. The highest BCUT2D eigenvalue weighted by molar-refractivity contribution is 14.1. The lowest BCUT2D eigenvalue weighted by Gasteiger charge is -2.34. The third-order valence-electron chi connectivity index (χ3n) is 7.06. The summed E-state index contributed by atoms with van der Waals surface area (Å²) in [6.07, 6.45) is -0.427. The molecule has 0 saturated carbocycles. The van der Waals surface area contributed by atoms with Gasteiger partial charge in [0, 0.05) is 35.2 Å². The summed E-state index contributed by atoms with van der Waals surface area (Å²) in [5.74, 6) is 0.0101. The Morgan fingerprint density at radius 1 is 1.11 bits per heavy atom. The fraction of sp³-hybridized carbons (Fsp3) is 0.441. The number of rotatable bonds is 12. The maximum absolute atomic E-state index is 13.5. The second-order valence-electron chi connectivity index (χ2n) is 13.0. The Balaban J connectivity index is 1.62. The molecule has 12 heteroatoms. The van der Waals surface area contributed by atoms with E-state index < -0.39 is 17.1 Å². The number of fused-ring (bicyclic) bond motifs is 1. The molecule has 2 aromatic carbocycles. The van der Waals surface area contributed by atoms with Gasteiger partial charge >= 0.3 is 6.09 Å². The number of nitrogens with one attached hydrogen (secondary N) is 1. The maximum Gasteiger partial charge on any atom is 0.410 e. The van der Waals surface area contributed by atoms with Crippen LogP contribution in [0.25, 0.3) is 11.0 Å². The Labute approximate surface area is 284 Å². The molecule has 0 unspecified atom stereocenters. The molecule has 1 N–H and O–H groups in total. The number of anilines is 1. The first-order chi connectivity index (χ1) is 21.7. The van der Waals surface area contributed by atoms with Gasteiger partial charge in [0.1, 0.15) is 11.3 Å². The third-order valence-corrected chi connectivity index (χ3v) is 7.88. The van der Waals surface area contributed by atoms with Crippen LogP contribution in [0.3, 0.4) is 0 Å². The van der Waals surface area contributed by atoms with Crippen molar-refractivity contribution in [2.45, 2.75) is 73.8 Å². The van der Waals surface area contributed by atoms with Crippen molar-refractivity contribution in [3.05, 3.63) is 74.6 Å². The number of nitrogens with zero attached hydrogens (tertiary/aromatic N) is 6. The van der Waals surface area contributed by atoms with Crippen LogP contribution in [0.15, 0.2) is 48.5 Å². The number of halogens is 1. The highest BCUT2D eigenvalue weighted by atomic mass is 127. The number of imidazole rings is 1. The van der Waals surface area contributed by atoms with E-state index in [1.165, 1.54) is 0 Å². The third kappa shape index (κ3) is 9.07. The molecule has 0 aliphatic carbocycles. The van der Waals surface area contributed by atoms with Gasteiger partial charge in [0.05, 0.1) is 41.6 Å². The minimum atomic E-state index is -0.666. The zero-order chi connectivity index (χ0) is 33.6. The lowest BCUT2D eigenvalue weighted by Crippen LogP contribution is -2.44. The summed E-state index contributed by atoms with van der Waals surface area (Å²) in [4.78, 5) is 33.3. The number of aromatic nitrogens is 4. The number of benzene rings is 2. The molecule has 244 valence electrons. The van der Waals surface area contributed by atoms with Crippen molar-refractivity contribution in [2.24, 2.45) is 5.41 Å². The molecule has 4 rings (SSSR count). The van der Waals surface area contributed by atoms with Gasteiger partial charge in [-0.1, -0.05) is 44.2 Å². The van der Waals surface area contributed by atoms with E-state index in [0.717, 1.165) is 20.3 Å². The number of nitriles is 1. The Morgan fingerprint density at radius 2 is 1.83 bits per heavy atom. The van der Waals surface area contributed by atoms with Crippen LogP contribution in [0.5, 0.6) is 0 Å². The van der Waals surface area contributed by atoms with E-state index in [1.807, 2.05) is 69.5 Å². The average Bonchev–Trinajstić information content (AvgIpc) is 3.53. The van der Waals surface area contributed by atoms with Crippen molar-refractivity contribution in [1.29, 1.82) is 5.26 Å². The molecule has 46 heavy (non-hydrogen) atoms. The summed E-state index contributed by atoms with van der Waals surface area (Å²) in [6.45, 7) is 15.8. The molecule has 0 aliphatic rings. The van der Waals surface area contributed by atoms with E-state index >= 15 is 0 Å². The van der Waals surface area contributed by atoms with Crippen LogP contribution < -0.4 is 5.32 Å². The summed E-state index contributed by atoms with van der Waals surface area (Å²) < 4.78 is 16.1. The Morgan fingerprint density at radius 3 is 2.48 bits per heavy atom. The highest BCUT2D eigenvalue weighted by Gasteiger charge is 2.31. The van der Waals surface area contributed by atoms with E-state index in [-0.39, 0.29) is 5.91 Å². The summed E-state index contributed by atoms with van der Waals surface area (Å²) in [7, 11) is 0. The summed E-state index contributed by atoms with van der Waals surface area (Å²) >= 11 is 2.20. The molecule has 0 fully saturated rings. The second kappa shape index (κ2) is 14.6. The van der Waals surface area contributed by atoms with Crippen LogP contribution >= 0.6 is 22.6 Å². The van der Waals surface area contributed by atoms with E-state index in [0.29, 0.717) is 62.1 Å². The molecule has 2 amide bonds. The first kappa shape index (κ1) is 34.9. The zero-order valence-electron chi connectivity index (χ0n) is 27.6. The highest BCUT2D eigenvalue weighted by Crippen LogP contribution is 2.31. The van der Waals surface area contributed by atoms with Gasteiger partial charge in [-0.15, -0.1) is 0 Å². The number of aryl methyl sites for hydroxylation is 2. The molecule has 0 saturated heterocycles. The number of hydrogen-bond acceptors (Lipinski definition) is 7. The van der Waals surface area contributed by atoms with Gasteiger partial charge in [-0.2, -0.15) is 10.4 Å². The predicted octanol–water partition coefficient (Wildman–Crippen LogP) is 6.77. The lowest BCUT2D eigenvalue weighted by molar-refractivity contribution is 0.00739. The SMILES string of the molecule is CCn1nc(C)cc1C(=O)Nc1nc2cc(C#N)cc(I)c2n1CC(C)(C)CN(CCOCc1ccccc1)C(=O)OC(C)(C)C. The first-order valence-corrected chi connectivity index (χ1v) is 16.3. The number of amides is 2. The van der Waals surface area contributed by atoms with Crippen molar-refractivity contribution in [2.75, 3.05) is 25.0 Å². The maximum atomic E-state index is 13.5. The summed E-state index contributed by atoms with van der Waals surface area (Å²) in [6, 6.07) is 17.3. The average molecular weight is 740 g/mol.